The first-order valence-electron chi connectivity index (χ1n) is 13.1. The molecule has 0 aromatic heterocycles. The topological polar surface area (TPSA) is 91.2 Å². The first-order valence-corrected chi connectivity index (χ1v) is 13.1. The van der Waals surface area contributed by atoms with E-state index in [9.17, 15) is 5.11 Å². The summed E-state index contributed by atoms with van der Waals surface area (Å²) in [6.45, 7) is 2.01. The zero-order valence-electron chi connectivity index (χ0n) is 24.2. The van der Waals surface area contributed by atoms with Crippen molar-refractivity contribution in [3.8, 4) is 23.0 Å². The van der Waals surface area contributed by atoms with Crippen LogP contribution in [0.1, 0.15) is 23.6 Å². The van der Waals surface area contributed by atoms with Gasteiger partial charge in [0.05, 0.1) is 48.1 Å². The molecule has 0 radical (unpaired) electrons. The van der Waals surface area contributed by atoms with Crippen LogP contribution < -0.4 is 18.9 Å². The molecule has 0 aliphatic carbocycles. The van der Waals surface area contributed by atoms with E-state index in [1.807, 2.05) is 29.2 Å². The van der Waals surface area contributed by atoms with E-state index in [0.717, 1.165) is 11.1 Å². The molecule has 1 aliphatic heterocycles. The maximum atomic E-state index is 15.2. The zero-order valence-corrected chi connectivity index (χ0v) is 24.2. The van der Waals surface area contributed by atoms with Crippen molar-refractivity contribution >= 4 is 6.02 Å². The van der Waals surface area contributed by atoms with Crippen LogP contribution in [0, 0.1) is 5.82 Å². The van der Waals surface area contributed by atoms with E-state index in [1.165, 1.54) is 13.2 Å². The Hall–Kier alpha value is -4.02. The molecule has 4 rings (SSSR count). The third-order valence-corrected chi connectivity index (χ3v) is 7.31. The third kappa shape index (κ3) is 6.18. The van der Waals surface area contributed by atoms with Crippen LogP contribution in [0.25, 0.3) is 0 Å². The Morgan fingerprint density at radius 3 is 1.88 bits per heavy atom. The predicted octanol–water partition coefficient (Wildman–Crippen LogP) is 4.54. The van der Waals surface area contributed by atoms with Crippen LogP contribution >= 0.6 is 0 Å². The molecule has 0 unspecified atom stereocenters. The van der Waals surface area contributed by atoms with E-state index < -0.39 is 23.6 Å². The summed E-state index contributed by atoms with van der Waals surface area (Å²) in [6, 6.07) is 17.7. The smallest absolute Gasteiger partial charge is 0.289 e. The molecule has 1 N–H and O–H groups in total. The van der Waals surface area contributed by atoms with Crippen molar-refractivity contribution < 1.29 is 37.9 Å². The van der Waals surface area contributed by atoms with Crippen molar-refractivity contribution in [1.82, 2.24) is 4.90 Å². The minimum Gasteiger partial charge on any atom is -0.497 e. The van der Waals surface area contributed by atoms with Gasteiger partial charge in [-0.2, -0.15) is 0 Å². The van der Waals surface area contributed by atoms with Gasteiger partial charge in [-0.15, -0.1) is 0 Å². The van der Waals surface area contributed by atoms with E-state index in [-0.39, 0.29) is 12.6 Å². The minimum absolute atomic E-state index is 0.207. The summed E-state index contributed by atoms with van der Waals surface area (Å²) >= 11 is 0. The molecular formula is C31H37FN2O7. The molecule has 0 fully saturated rings. The number of aliphatic hydroxyl groups excluding tert-OH is 1. The van der Waals surface area contributed by atoms with Gasteiger partial charge in [-0.25, -0.2) is 9.38 Å². The summed E-state index contributed by atoms with van der Waals surface area (Å²) in [5, 5.41) is 10.4. The molecule has 0 amide bonds. The highest BCUT2D eigenvalue weighted by molar-refractivity contribution is 5.76. The third-order valence-electron chi connectivity index (χ3n) is 7.31. The Morgan fingerprint density at radius 2 is 1.41 bits per heavy atom. The van der Waals surface area contributed by atoms with Crippen LogP contribution in [0.15, 0.2) is 65.7 Å². The van der Waals surface area contributed by atoms with E-state index in [4.69, 9.17) is 33.4 Å². The molecule has 220 valence electrons. The molecule has 10 heteroatoms. The minimum atomic E-state index is -1.21. The van der Waals surface area contributed by atoms with Gasteiger partial charge in [0.25, 0.3) is 6.02 Å². The van der Waals surface area contributed by atoms with Crippen LogP contribution in [0.4, 0.5) is 4.39 Å². The average Bonchev–Trinajstić information content (AvgIpc) is 3.00. The molecule has 0 saturated carbocycles. The standard InChI is InChI=1S/C31H37FN2O7/c1-31(24-9-7-8-10-25(24)32)29(40-6)28(19-35)41-30(33-31)34(17-20-11-13-22(36-2)15-26(20)38-4)18-21-12-14-23(37-3)16-27(21)39-5/h7-16,28-29,35H,17-19H2,1-6H3/t28-,29+,31-/m1/s1. The van der Waals surface area contributed by atoms with Gasteiger partial charge in [0, 0.05) is 35.9 Å². The van der Waals surface area contributed by atoms with Crippen molar-refractivity contribution in [2.75, 3.05) is 42.2 Å². The number of nitrogens with zero attached hydrogens (tertiary/aromatic N) is 2. The SMILES string of the molecule is COc1ccc(CN(Cc2ccc(OC)cc2OC)C2=N[C@](C)(c3ccccc3F)[C@@H](OC)[C@@H](CO)O2)c(OC)c1. The number of hydrogen-bond acceptors (Lipinski definition) is 9. The quantitative estimate of drug-likeness (QED) is 0.361. The fourth-order valence-electron chi connectivity index (χ4n) is 5.16. The highest BCUT2D eigenvalue weighted by Crippen LogP contribution is 2.40. The van der Waals surface area contributed by atoms with E-state index in [1.54, 1.807) is 65.7 Å². The van der Waals surface area contributed by atoms with Gasteiger partial charge in [0.15, 0.2) is 6.10 Å². The lowest BCUT2D eigenvalue weighted by Crippen LogP contribution is -2.55. The van der Waals surface area contributed by atoms with Crippen LogP contribution in [0.2, 0.25) is 0 Å². The van der Waals surface area contributed by atoms with Gasteiger partial charge >= 0.3 is 0 Å². The second-order valence-corrected chi connectivity index (χ2v) is 9.73. The molecule has 41 heavy (non-hydrogen) atoms. The second kappa shape index (κ2) is 13.1. The lowest BCUT2D eigenvalue weighted by atomic mass is 9.83. The fourth-order valence-corrected chi connectivity index (χ4v) is 5.16. The number of aliphatic hydroxyl groups is 1. The summed E-state index contributed by atoms with van der Waals surface area (Å²) < 4.78 is 49.4. The maximum Gasteiger partial charge on any atom is 0.289 e. The molecule has 0 spiro atoms. The molecule has 1 heterocycles. The number of hydrogen-bond donors (Lipinski definition) is 1. The Morgan fingerprint density at radius 1 is 0.854 bits per heavy atom. The van der Waals surface area contributed by atoms with Gasteiger partial charge in [0.1, 0.15) is 40.5 Å². The van der Waals surface area contributed by atoms with Crippen LogP contribution in [0.5, 0.6) is 23.0 Å². The largest absolute Gasteiger partial charge is 0.497 e. The zero-order chi connectivity index (χ0) is 29.6. The van der Waals surface area contributed by atoms with Gasteiger partial charge < -0.3 is 38.4 Å². The van der Waals surface area contributed by atoms with Crippen molar-refractivity contribution in [3.63, 3.8) is 0 Å². The Labute approximate surface area is 240 Å². The van der Waals surface area contributed by atoms with Crippen molar-refractivity contribution in [2.45, 2.75) is 37.8 Å². The summed E-state index contributed by atoms with van der Waals surface area (Å²) in [4.78, 5) is 6.87. The molecule has 0 bridgehead atoms. The first kappa shape index (κ1) is 30.0. The van der Waals surface area contributed by atoms with Crippen molar-refractivity contribution in [1.29, 1.82) is 0 Å². The Bertz CT molecular complexity index is 1310. The summed E-state index contributed by atoms with van der Waals surface area (Å²) in [6.07, 6.45) is -1.59. The summed E-state index contributed by atoms with van der Waals surface area (Å²) in [7, 11) is 7.85. The van der Waals surface area contributed by atoms with E-state index in [0.29, 0.717) is 41.7 Å². The number of amidine groups is 1. The molecule has 0 saturated heterocycles. The highest BCUT2D eigenvalue weighted by Gasteiger charge is 2.48. The summed E-state index contributed by atoms with van der Waals surface area (Å²) in [5.41, 5.74) is 0.770. The van der Waals surface area contributed by atoms with Gasteiger partial charge in [-0.1, -0.05) is 18.2 Å². The fraction of sp³-hybridized carbons (Fsp3) is 0.387. The average molecular weight is 569 g/mol. The van der Waals surface area contributed by atoms with Crippen molar-refractivity contribution in [3.05, 3.63) is 83.2 Å². The lowest BCUT2D eigenvalue weighted by molar-refractivity contribution is -0.0884. The van der Waals surface area contributed by atoms with Gasteiger partial charge in [-0.3, -0.25) is 0 Å². The van der Waals surface area contributed by atoms with Gasteiger partial charge in [-0.05, 0) is 37.3 Å². The maximum absolute atomic E-state index is 15.2. The number of ether oxygens (including phenoxy) is 6. The summed E-state index contributed by atoms with van der Waals surface area (Å²) in [5.74, 6) is 2.08. The Balaban J connectivity index is 1.86. The van der Waals surface area contributed by atoms with Crippen LogP contribution in [-0.2, 0) is 28.1 Å². The highest BCUT2D eigenvalue weighted by atomic mass is 19.1. The molecule has 3 aromatic carbocycles. The number of rotatable bonds is 11. The lowest BCUT2D eigenvalue weighted by Gasteiger charge is -2.44. The molecule has 3 atom stereocenters. The van der Waals surface area contributed by atoms with Crippen molar-refractivity contribution in [2.24, 2.45) is 4.99 Å². The number of benzene rings is 3. The van der Waals surface area contributed by atoms with E-state index in [2.05, 4.69) is 0 Å². The normalized spacial score (nSPS) is 20.0. The molecule has 3 aromatic rings. The second-order valence-electron chi connectivity index (χ2n) is 9.73. The Kier molecular flexibility index (Phi) is 9.57. The monoisotopic (exact) mass is 568 g/mol. The van der Waals surface area contributed by atoms with Crippen LogP contribution in [-0.4, -0.2) is 70.4 Å². The first-order chi connectivity index (χ1) is 19.8. The number of methoxy groups -OCH3 is 5. The number of aliphatic imine (C=N–C) groups is 1. The molecular weight excluding hydrogens is 531 g/mol. The molecule has 9 nitrogen and oxygen atoms in total. The van der Waals surface area contributed by atoms with Crippen LogP contribution in [0.3, 0.4) is 0 Å². The van der Waals surface area contributed by atoms with Gasteiger partial charge in [0.2, 0.25) is 0 Å². The number of halogens is 1. The predicted molar refractivity (Wildman–Crippen MR) is 152 cm³/mol. The van der Waals surface area contributed by atoms with E-state index >= 15 is 4.39 Å². The molecule has 1 aliphatic rings.